The molecule has 1 aliphatic carbocycles. The maximum absolute atomic E-state index is 16.8. The van der Waals surface area contributed by atoms with Crippen molar-refractivity contribution in [2.24, 2.45) is 5.41 Å². The number of terminal acetylenes is 2. The van der Waals surface area contributed by atoms with Gasteiger partial charge in [-0.15, -0.1) is 12.8 Å². The molecule has 474 valence electrons. The second-order valence-electron chi connectivity index (χ2n) is 27.2. The van der Waals surface area contributed by atoms with Crippen LogP contribution in [0.4, 0.5) is 38.0 Å². The Morgan fingerprint density at radius 1 is 0.641 bits per heavy atom. The first-order valence-electron chi connectivity index (χ1n) is 31.9. The third kappa shape index (κ3) is 9.84. The van der Waals surface area contributed by atoms with E-state index in [0.29, 0.717) is 109 Å². The van der Waals surface area contributed by atoms with Gasteiger partial charge >= 0.3 is 12.0 Å². The number of halogens is 6. The van der Waals surface area contributed by atoms with Crippen LogP contribution in [0.3, 0.4) is 0 Å². The van der Waals surface area contributed by atoms with Crippen LogP contribution < -0.4 is 24.6 Å². The van der Waals surface area contributed by atoms with Crippen molar-refractivity contribution in [1.82, 2.24) is 44.9 Å². The number of phenols is 2. The number of rotatable bonds is 12. The lowest BCUT2D eigenvalue weighted by Crippen LogP contribution is -2.69. The standard InChI is InChI=1S/C35H33F3N6O2.C35H34F3N5O3/c1-2-24-27(37)6-3-19-9-23(45)10-25(28(19)24)30-29(38)31-26(12-39-30)32(43-14-21-4-5-22(15-43)40-21)42-33(41-31)46-18-35-11-20(36)13-44(35)17-34(16-35)7-8-34;1-2-25-29(37)7-4-20-12-24(45)14-28(30(20)25)26-5-6-27-32(31(26)38)39-34(46-19-35-8-3-9-42(35)16-21(36)15-35)40-33(27)41-17-22-13-23(18-41)43(22)10-11-44/h1,3,6,9-10,12,20-22,40,45H,4-5,7-8,11,13-18H2;1,4-7,12,14,21-23,44-45H,3,8-11,13,15-19H2. The molecule has 12 heterocycles. The van der Waals surface area contributed by atoms with Crippen molar-refractivity contribution >= 4 is 55.0 Å². The molecule has 5 aromatic carbocycles. The zero-order valence-electron chi connectivity index (χ0n) is 50.4. The molecular weight excluding hydrogens is 1190 g/mol. The van der Waals surface area contributed by atoms with Gasteiger partial charge in [-0.25, -0.2) is 26.3 Å². The number of hydrogen-bond donors (Lipinski definition) is 4. The molecule has 0 radical (unpaired) electrons. The maximum Gasteiger partial charge on any atom is 0.319 e. The number of pyridine rings is 1. The highest BCUT2D eigenvalue weighted by Crippen LogP contribution is 2.61. The van der Waals surface area contributed by atoms with Crippen molar-refractivity contribution < 1.29 is 51.1 Å². The van der Waals surface area contributed by atoms with E-state index in [1.54, 1.807) is 12.1 Å². The van der Waals surface area contributed by atoms with E-state index in [0.717, 1.165) is 64.5 Å². The van der Waals surface area contributed by atoms with Crippen molar-refractivity contribution in [3.63, 3.8) is 0 Å². The van der Waals surface area contributed by atoms with E-state index < -0.39 is 46.7 Å². The van der Waals surface area contributed by atoms with Gasteiger partial charge in [0.05, 0.1) is 34.2 Å². The van der Waals surface area contributed by atoms with Crippen molar-refractivity contribution in [2.45, 2.75) is 112 Å². The van der Waals surface area contributed by atoms with Gasteiger partial charge in [0.15, 0.2) is 11.6 Å². The van der Waals surface area contributed by atoms with E-state index >= 15 is 8.78 Å². The second kappa shape index (κ2) is 22.2. The number of aliphatic hydroxyl groups excluding tert-OH is 1. The number of aromatic nitrogens is 5. The number of fused-ring (bicyclic) bond motifs is 10. The minimum absolute atomic E-state index is 0.000245. The average Bonchev–Trinajstić information content (AvgIpc) is 1.81. The number of piperazine rings is 2. The summed E-state index contributed by atoms with van der Waals surface area (Å²) in [4.78, 5) is 34.2. The molecule has 10 fully saturated rings. The van der Waals surface area contributed by atoms with Crippen molar-refractivity contribution in [1.29, 1.82) is 0 Å². The number of hydrogen-bond acceptors (Lipinski definition) is 16. The molecule has 1 saturated carbocycles. The van der Waals surface area contributed by atoms with Crippen molar-refractivity contribution in [3.05, 3.63) is 101 Å². The quantitative estimate of drug-likeness (QED) is 0.0673. The molecule has 8 aromatic rings. The third-order valence-electron chi connectivity index (χ3n) is 21.4. The van der Waals surface area contributed by atoms with Gasteiger partial charge < -0.3 is 39.9 Å². The maximum atomic E-state index is 16.8. The minimum Gasteiger partial charge on any atom is -0.508 e. The van der Waals surface area contributed by atoms with E-state index in [2.05, 4.69) is 56.6 Å². The van der Waals surface area contributed by atoms with Crippen LogP contribution >= 0.6 is 0 Å². The molecule has 9 aliphatic heterocycles. The number of alkyl halides is 2. The summed E-state index contributed by atoms with van der Waals surface area (Å²) in [6.07, 6.45) is 19.9. The van der Waals surface area contributed by atoms with Crippen LogP contribution in [0.2, 0.25) is 0 Å². The summed E-state index contributed by atoms with van der Waals surface area (Å²) in [5.41, 5.74) is -0.300. The minimum atomic E-state index is -0.922. The van der Waals surface area contributed by atoms with Crippen LogP contribution in [0.5, 0.6) is 23.5 Å². The molecule has 1 spiro atoms. The summed E-state index contributed by atoms with van der Waals surface area (Å²) < 4.78 is 105. The molecule has 10 aliphatic rings. The van der Waals surface area contributed by atoms with Gasteiger partial charge in [0.25, 0.3) is 0 Å². The normalized spacial score (nSPS) is 26.9. The van der Waals surface area contributed by atoms with E-state index in [4.69, 9.17) is 32.3 Å². The van der Waals surface area contributed by atoms with Crippen LogP contribution in [0.1, 0.15) is 75.3 Å². The van der Waals surface area contributed by atoms with Gasteiger partial charge in [-0.3, -0.25) is 19.7 Å². The van der Waals surface area contributed by atoms with Gasteiger partial charge in [0.1, 0.15) is 77.1 Å². The van der Waals surface area contributed by atoms with Gasteiger partial charge in [-0.05, 0) is 122 Å². The highest BCUT2D eigenvalue weighted by molar-refractivity contribution is 6.05. The number of benzene rings is 5. The molecule has 8 atom stereocenters. The third-order valence-corrected chi connectivity index (χ3v) is 21.4. The Labute approximate surface area is 526 Å². The molecule has 4 bridgehead atoms. The fourth-order valence-electron chi connectivity index (χ4n) is 17.2. The van der Waals surface area contributed by atoms with Crippen LogP contribution in [0, 0.1) is 53.4 Å². The number of ether oxygens (including phenoxy) is 2. The zero-order chi connectivity index (χ0) is 63.1. The number of phenolic OH excluding ortho intramolecular Hbond substituents is 2. The lowest BCUT2D eigenvalue weighted by molar-refractivity contribution is -0.0124. The number of piperidine rings is 1. The highest BCUT2D eigenvalue weighted by Gasteiger charge is 2.62. The summed E-state index contributed by atoms with van der Waals surface area (Å²) in [6.45, 7) is 6.25. The van der Waals surface area contributed by atoms with Gasteiger partial charge in [0, 0.05) is 123 Å². The summed E-state index contributed by atoms with van der Waals surface area (Å²) in [5.74, 6) is 2.88. The molecule has 4 N–H and O–H groups in total. The molecule has 18 rings (SSSR count). The van der Waals surface area contributed by atoms with E-state index in [9.17, 15) is 32.9 Å². The molecule has 22 heteroatoms. The van der Waals surface area contributed by atoms with Gasteiger partial charge in [0.2, 0.25) is 0 Å². The summed E-state index contributed by atoms with van der Waals surface area (Å²) >= 11 is 0. The number of aromatic hydroxyl groups is 2. The number of anilines is 2. The Balaban J connectivity index is 0.000000146. The highest BCUT2D eigenvalue weighted by atomic mass is 19.2. The molecule has 92 heavy (non-hydrogen) atoms. The molecule has 3 aromatic heterocycles. The smallest absolute Gasteiger partial charge is 0.319 e. The van der Waals surface area contributed by atoms with Crippen LogP contribution in [0.15, 0.2) is 66.9 Å². The molecular formula is C70H67F6N11O5. The van der Waals surface area contributed by atoms with Crippen molar-refractivity contribution in [2.75, 3.05) is 88.5 Å². The average molecular weight is 1260 g/mol. The Morgan fingerprint density at radius 2 is 1.23 bits per heavy atom. The fourth-order valence-corrected chi connectivity index (χ4v) is 17.2. The zero-order valence-corrected chi connectivity index (χ0v) is 50.4. The van der Waals surface area contributed by atoms with Gasteiger partial charge in [-0.2, -0.15) is 19.9 Å². The molecule has 16 nitrogen and oxygen atoms in total. The Hall–Kier alpha value is -8.25. The monoisotopic (exact) mass is 1260 g/mol. The summed E-state index contributed by atoms with van der Waals surface area (Å²) in [6, 6.07) is 15.5. The SMILES string of the molecule is C#Cc1c(F)ccc2cc(O)cc(-c3ccc4c(N5CC6CC(C5)N6CCO)nc(OCC56CCCN5CC(F)C6)nc4c3F)c12.C#Cc1c(F)ccc2cc(O)cc(-c3ncc4c(N5CC6CCC(C5)N6)nc(OCC56CC(F)CN5CC5(CC5)C6)nc4c3F)c12. The second-order valence-corrected chi connectivity index (χ2v) is 27.2. The number of nitrogens with zero attached hydrogens (tertiary/aromatic N) is 10. The van der Waals surface area contributed by atoms with Crippen molar-refractivity contribution in [3.8, 4) is 70.6 Å². The van der Waals surface area contributed by atoms with E-state index in [-0.39, 0.29) is 111 Å². The van der Waals surface area contributed by atoms with Crippen LogP contribution in [-0.4, -0.2) is 181 Å². The predicted octanol–water partition coefficient (Wildman–Crippen LogP) is 9.72. The molecule has 8 unspecified atom stereocenters. The lowest BCUT2D eigenvalue weighted by atomic mass is 9.87. The van der Waals surface area contributed by atoms with E-state index in [1.807, 2.05) is 0 Å². The fraction of sp³-hybridized carbons (Fsp3) is 0.443. The van der Waals surface area contributed by atoms with E-state index in [1.165, 1.54) is 54.7 Å². The summed E-state index contributed by atoms with van der Waals surface area (Å²) in [7, 11) is 0. The lowest BCUT2D eigenvalue weighted by Gasteiger charge is -2.56. The topological polar surface area (TPSA) is 172 Å². The summed E-state index contributed by atoms with van der Waals surface area (Å²) in [5, 5.41) is 36.7. The Morgan fingerprint density at radius 3 is 1.87 bits per heavy atom. The van der Waals surface area contributed by atoms with Crippen LogP contribution in [-0.2, 0) is 0 Å². The van der Waals surface area contributed by atoms with Gasteiger partial charge in [-0.1, -0.05) is 30.0 Å². The number of aliphatic hydroxyl groups is 1. The first-order chi connectivity index (χ1) is 44.5. The number of nitrogens with one attached hydrogen (secondary N) is 1. The Bertz CT molecular complexity index is 4430. The largest absolute Gasteiger partial charge is 0.508 e. The first kappa shape index (κ1) is 58.8. The molecule has 0 amide bonds. The van der Waals surface area contributed by atoms with Crippen LogP contribution in [0.25, 0.3) is 65.7 Å². The Kier molecular flexibility index (Phi) is 14.2. The predicted molar refractivity (Wildman–Crippen MR) is 336 cm³/mol. The molecule has 9 saturated heterocycles. The first-order valence-corrected chi connectivity index (χ1v) is 31.9.